The molecule has 0 spiro atoms. The smallest absolute Gasteiger partial charge is 0.255 e. The van der Waals surface area contributed by atoms with Gasteiger partial charge < -0.3 is 5.32 Å². The van der Waals surface area contributed by atoms with Crippen molar-refractivity contribution in [2.45, 2.75) is 19.0 Å². The normalized spacial score (nSPS) is 10.9. The summed E-state index contributed by atoms with van der Waals surface area (Å²) in [5.74, 6) is 0.452. The summed E-state index contributed by atoms with van der Waals surface area (Å²) in [7, 11) is 0. The van der Waals surface area contributed by atoms with Crippen LogP contribution in [0.4, 0.5) is 5.69 Å². The molecule has 2 aromatic heterocycles. The zero-order valence-electron chi connectivity index (χ0n) is 12.7. The van der Waals surface area contributed by atoms with Crippen molar-refractivity contribution in [2.75, 3.05) is 11.1 Å². The van der Waals surface area contributed by atoms with E-state index in [9.17, 15) is 9.59 Å². The Morgan fingerprint density at radius 1 is 1.26 bits per heavy atom. The van der Waals surface area contributed by atoms with E-state index in [0.29, 0.717) is 16.5 Å². The molecule has 0 radical (unpaired) electrons. The second kappa shape index (κ2) is 6.25. The molecule has 0 atom stereocenters. The first-order chi connectivity index (χ1) is 11.1. The molecule has 23 heavy (non-hydrogen) atoms. The van der Waals surface area contributed by atoms with Crippen molar-refractivity contribution in [1.82, 2.24) is 19.6 Å². The summed E-state index contributed by atoms with van der Waals surface area (Å²) >= 11 is 1.27. The molecule has 0 fully saturated rings. The van der Waals surface area contributed by atoms with Gasteiger partial charge in [0.2, 0.25) is 11.7 Å². The number of H-pyrrole nitrogens is 1. The summed E-state index contributed by atoms with van der Waals surface area (Å²) in [6, 6.07) is 9.26. The molecular formula is C15H15N5O2S. The SMILES string of the molecule is Cc1c(C)n2c(SCC(=O)Nc3ccccc3)nnc2[nH]c1=O. The van der Waals surface area contributed by atoms with E-state index in [-0.39, 0.29) is 17.2 Å². The lowest BCUT2D eigenvalue weighted by Crippen LogP contribution is -2.16. The van der Waals surface area contributed by atoms with E-state index in [2.05, 4.69) is 20.5 Å². The van der Waals surface area contributed by atoms with Crippen LogP contribution in [0.5, 0.6) is 0 Å². The number of thioether (sulfide) groups is 1. The third-order valence-corrected chi connectivity index (χ3v) is 4.40. The van der Waals surface area contributed by atoms with Gasteiger partial charge in [0.1, 0.15) is 0 Å². The Kier molecular flexibility index (Phi) is 4.16. The molecular weight excluding hydrogens is 314 g/mol. The van der Waals surface area contributed by atoms with E-state index in [1.807, 2.05) is 37.3 Å². The topological polar surface area (TPSA) is 92.2 Å². The van der Waals surface area contributed by atoms with Crippen LogP contribution >= 0.6 is 11.8 Å². The maximum atomic E-state index is 12.0. The number of aromatic nitrogens is 4. The van der Waals surface area contributed by atoms with E-state index in [0.717, 1.165) is 11.4 Å². The Bertz CT molecular complexity index is 917. The lowest BCUT2D eigenvalue weighted by atomic mass is 10.3. The van der Waals surface area contributed by atoms with Gasteiger partial charge in [0.05, 0.1) is 5.75 Å². The van der Waals surface area contributed by atoms with Gasteiger partial charge in [0.25, 0.3) is 5.56 Å². The van der Waals surface area contributed by atoms with Crippen LogP contribution in [0.1, 0.15) is 11.3 Å². The molecule has 0 saturated heterocycles. The van der Waals surface area contributed by atoms with Crippen molar-refractivity contribution >= 4 is 29.1 Å². The van der Waals surface area contributed by atoms with Crippen LogP contribution in [0.2, 0.25) is 0 Å². The van der Waals surface area contributed by atoms with E-state index in [1.54, 1.807) is 11.3 Å². The van der Waals surface area contributed by atoms with Crippen molar-refractivity contribution in [2.24, 2.45) is 0 Å². The van der Waals surface area contributed by atoms with Crippen molar-refractivity contribution in [3.05, 3.63) is 51.9 Å². The quantitative estimate of drug-likeness (QED) is 0.712. The van der Waals surface area contributed by atoms with Crippen molar-refractivity contribution in [3.8, 4) is 0 Å². The molecule has 8 heteroatoms. The van der Waals surface area contributed by atoms with E-state index in [1.165, 1.54) is 11.8 Å². The largest absolute Gasteiger partial charge is 0.325 e. The fraction of sp³-hybridized carbons (Fsp3) is 0.200. The Balaban J connectivity index is 1.76. The Hall–Kier alpha value is -2.61. The van der Waals surface area contributed by atoms with Crippen LogP contribution in [-0.4, -0.2) is 31.2 Å². The molecule has 2 heterocycles. The number of nitrogens with one attached hydrogen (secondary N) is 2. The van der Waals surface area contributed by atoms with E-state index >= 15 is 0 Å². The fourth-order valence-corrected chi connectivity index (χ4v) is 2.91. The maximum Gasteiger partial charge on any atom is 0.255 e. The Labute approximate surface area is 136 Å². The molecule has 1 aromatic carbocycles. The number of para-hydroxylation sites is 1. The number of hydrogen-bond acceptors (Lipinski definition) is 5. The molecule has 118 valence electrons. The number of fused-ring (bicyclic) bond motifs is 1. The van der Waals surface area contributed by atoms with Crippen molar-refractivity contribution in [3.63, 3.8) is 0 Å². The van der Waals surface area contributed by atoms with Gasteiger partial charge in [-0.2, -0.15) is 0 Å². The maximum absolute atomic E-state index is 12.0. The second-order valence-corrected chi connectivity index (χ2v) is 5.95. The van der Waals surface area contributed by atoms with Crippen LogP contribution in [0.25, 0.3) is 5.78 Å². The number of benzene rings is 1. The molecule has 0 saturated carbocycles. The first kappa shape index (κ1) is 15.3. The number of anilines is 1. The molecule has 7 nitrogen and oxygen atoms in total. The number of nitrogens with zero attached hydrogens (tertiary/aromatic N) is 3. The molecule has 2 N–H and O–H groups in total. The van der Waals surface area contributed by atoms with Crippen molar-refractivity contribution in [1.29, 1.82) is 0 Å². The summed E-state index contributed by atoms with van der Waals surface area (Å²) in [6.45, 7) is 3.57. The highest BCUT2D eigenvalue weighted by Gasteiger charge is 2.14. The van der Waals surface area contributed by atoms with Gasteiger partial charge in [-0.1, -0.05) is 30.0 Å². The summed E-state index contributed by atoms with van der Waals surface area (Å²) < 4.78 is 1.75. The summed E-state index contributed by atoms with van der Waals surface area (Å²) in [6.07, 6.45) is 0. The zero-order valence-corrected chi connectivity index (χ0v) is 13.5. The molecule has 0 aliphatic carbocycles. The van der Waals surface area contributed by atoms with Gasteiger partial charge >= 0.3 is 0 Å². The summed E-state index contributed by atoms with van der Waals surface area (Å²) in [5.41, 5.74) is 1.94. The zero-order chi connectivity index (χ0) is 16.4. The highest BCUT2D eigenvalue weighted by molar-refractivity contribution is 7.99. The second-order valence-electron chi connectivity index (χ2n) is 5.01. The van der Waals surface area contributed by atoms with Gasteiger partial charge in [-0.25, -0.2) is 0 Å². The van der Waals surface area contributed by atoms with E-state index < -0.39 is 0 Å². The Morgan fingerprint density at radius 3 is 2.74 bits per heavy atom. The highest BCUT2D eigenvalue weighted by Crippen LogP contribution is 2.18. The predicted octanol–water partition coefficient (Wildman–Crippen LogP) is 1.77. The molecule has 0 aliphatic heterocycles. The minimum Gasteiger partial charge on any atom is -0.325 e. The Morgan fingerprint density at radius 2 is 2.00 bits per heavy atom. The standard InChI is InChI=1S/C15H15N5O2S/c1-9-10(2)20-14(17-13(9)22)18-19-15(20)23-8-12(21)16-11-6-4-3-5-7-11/h3-7H,8H2,1-2H3,(H,16,21)(H,17,18,22). The monoisotopic (exact) mass is 329 g/mol. The van der Waals surface area contributed by atoms with Crippen LogP contribution in [0, 0.1) is 13.8 Å². The summed E-state index contributed by atoms with van der Waals surface area (Å²) in [4.78, 5) is 26.4. The minimum atomic E-state index is -0.180. The van der Waals surface area contributed by atoms with Gasteiger partial charge in [0, 0.05) is 16.9 Å². The number of rotatable bonds is 4. The number of aromatic amines is 1. The average Bonchev–Trinajstić information content (AvgIpc) is 2.94. The van der Waals surface area contributed by atoms with Crippen LogP contribution in [0.15, 0.2) is 40.3 Å². The third kappa shape index (κ3) is 3.11. The molecule has 0 unspecified atom stereocenters. The molecule has 3 aromatic rings. The number of carbonyl (C=O) groups is 1. The number of amides is 1. The van der Waals surface area contributed by atoms with Gasteiger partial charge in [-0.05, 0) is 26.0 Å². The first-order valence-corrected chi connectivity index (χ1v) is 7.97. The molecule has 0 aliphatic rings. The fourth-order valence-electron chi connectivity index (χ4n) is 2.12. The molecule has 0 bridgehead atoms. The van der Waals surface area contributed by atoms with Crippen molar-refractivity contribution < 1.29 is 4.79 Å². The van der Waals surface area contributed by atoms with Crippen LogP contribution in [-0.2, 0) is 4.79 Å². The average molecular weight is 329 g/mol. The molecule has 1 amide bonds. The minimum absolute atomic E-state index is 0.128. The van der Waals surface area contributed by atoms with E-state index in [4.69, 9.17) is 0 Å². The van der Waals surface area contributed by atoms with Gasteiger partial charge in [0.15, 0.2) is 5.16 Å². The van der Waals surface area contributed by atoms with Crippen LogP contribution in [0.3, 0.4) is 0 Å². The lowest BCUT2D eigenvalue weighted by Gasteiger charge is -2.06. The van der Waals surface area contributed by atoms with Gasteiger partial charge in [-0.15, -0.1) is 10.2 Å². The number of hydrogen-bond donors (Lipinski definition) is 2. The van der Waals surface area contributed by atoms with Gasteiger partial charge in [-0.3, -0.25) is 19.0 Å². The highest BCUT2D eigenvalue weighted by atomic mass is 32.2. The summed E-state index contributed by atoms with van der Waals surface area (Å²) in [5, 5.41) is 11.4. The molecule has 3 rings (SSSR count). The third-order valence-electron chi connectivity index (χ3n) is 3.47. The first-order valence-electron chi connectivity index (χ1n) is 6.98. The van der Waals surface area contributed by atoms with Crippen LogP contribution < -0.4 is 10.9 Å². The predicted molar refractivity (Wildman–Crippen MR) is 88.9 cm³/mol. The lowest BCUT2D eigenvalue weighted by molar-refractivity contribution is -0.113. The number of carbonyl (C=O) groups excluding carboxylic acids is 1. The number of aryl methyl sites for hydroxylation is 1.